The molecule has 0 bridgehead atoms. The van der Waals surface area contributed by atoms with Gasteiger partial charge in [0, 0.05) is 18.7 Å². The fraction of sp³-hybridized carbons (Fsp3) is 0.476. The van der Waals surface area contributed by atoms with E-state index in [1.807, 2.05) is 55.1 Å². The van der Waals surface area contributed by atoms with Gasteiger partial charge in [-0.3, -0.25) is 4.79 Å². The van der Waals surface area contributed by atoms with Gasteiger partial charge in [-0.25, -0.2) is 0 Å². The predicted molar refractivity (Wildman–Crippen MR) is 107 cm³/mol. The third kappa shape index (κ3) is 3.14. The number of fused-ring (bicyclic) bond motifs is 1. The summed E-state index contributed by atoms with van der Waals surface area (Å²) in [5, 5.41) is 2.08. The van der Waals surface area contributed by atoms with E-state index < -0.39 is 7.12 Å². The van der Waals surface area contributed by atoms with E-state index in [9.17, 15) is 4.79 Å². The van der Waals surface area contributed by atoms with Crippen LogP contribution in [0, 0.1) is 0 Å². The SMILES string of the molecule is CCN(CC)C(=O)c1ccc2c(B3OC(C)(C)C(C)(C)O3)cccc2c1. The maximum absolute atomic E-state index is 12.6. The van der Waals surface area contributed by atoms with Crippen LogP contribution in [0.4, 0.5) is 0 Å². The van der Waals surface area contributed by atoms with Gasteiger partial charge in [-0.2, -0.15) is 0 Å². The normalized spacial score (nSPS) is 18.3. The Morgan fingerprint density at radius 3 is 2.19 bits per heavy atom. The van der Waals surface area contributed by atoms with Crippen LogP contribution in [0.5, 0.6) is 0 Å². The molecule has 138 valence electrons. The highest BCUT2D eigenvalue weighted by Crippen LogP contribution is 2.37. The molecule has 0 aromatic heterocycles. The molecule has 0 radical (unpaired) electrons. The molecule has 1 fully saturated rings. The third-order valence-corrected chi connectivity index (χ3v) is 5.72. The quantitative estimate of drug-likeness (QED) is 0.788. The van der Waals surface area contributed by atoms with Crippen molar-refractivity contribution in [3.05, 3.63) is 42.0 Å². The molecule has 4 nitrogen and oxygen atoms in total. The van der Waals surface area contributed by atoms with Gasteiger partial charge in [0.1, 0.15) is 0 Å². The van der Waals surface area contributed by atoms with Crippen LogP contribution in [0.25, 0.3) is 10.8 Å². The van der Waals surface area contributed by atoms with Gasteiger partial charge in [-0.05, 0) is 69.9 Å². The Kier molecular flexibility index (Phi) is 4.89. The fourth-order valence-corrected chi connectivity index (χ4v) is 3.31. The first-order valence-electron chi connectivity index (χ1n) is 9.37. The van der Waals surface area contributed by atoms with Crippen LogP contribution in [0.15, 0.2) is 36.4 Å². The summed E-state index contributed by atoms with van der Waals surface area (Å²) < 4.78 is 12.4. The van der Waals surface area contributed by atoms with Crippen molar-refractivity contribution >= 4 is 29.3 Å². The maximum Gasteiger partial charge on any atom is 0.495 e. The lowest BCUT2D eigenvalue weighted by molar-refractivity contribution is 0.00578. The highest BCUT2D eigenvalue weighted by molar-refractivity contribution is 6.65. The van der Waals surface area contributed by atoms with E-state index in [4.69, 9.17) is 9.31 Å². The molecule has 1 aliphatic rings. The number of rotatable bonds is 4. The van der Waals surface area contributed by atoms with E-state index in [1.54, 1.807) is 0 Å². The smallest absolute Gasteiger partial charge is 0.399 e. The maximum atomic E-state index is 12.6. The average Bonchev–Trinajstić information content (AvgIpc) is 2.82. The summed E-state index contributed by atoms with van der Waals surface area (Å²) in [6.45, 7) is 13.6. The number of benzene rings is 2. The minimum absolute atomic E-state index is 0.0675. The van der Waals surface area contributed by atoms with Gasteiger partial charge in [0.05, 0.1) is 11.2 Å². The Morgan fingerprint density at radius 1 is 1.00 bits per heavy atom. The van der Waals surface area contributed by atoms with Gasteiger partial charge in [0.2, 0.25) is 0 Å². The molecule has 2 aromatic carbocycles. The number of hydrogen-bond acceptors (Lipinski definition) is 3. The molecule has 26 heavy (non-hydrogen) atoms. The van der Waals surface area contributed by atoms with Crippen molar-refractivity contribution in [1.29, 1.82) is 0 Å². The summed E-state index contributed by atoms with van der Waals surface area (Å²) in [5.41, 5.74) is 0.965. The minimum Gasteiger partial charge on any atom is -0.399 e. The largest absolute Gasteiger partial charge is 0.495 e. The zero-order valence-electron chi connectivity index (χ0n) is 16.6. The third-order valence-electron chi connectivity index (χ3n) is 5.72. The molecule has 0 saturated carbocycles. The van der Waals surface area contributed by atoms with Crippen molar-refractivity contribution in [2.75, 3.05) is 13.1 Å². The van der Waals surface area contributed by atoms with Crippen LogP contribution >= 0.6 is 0 Å². The van der Waals surface area contributed by atoms with Crippen molar-refractivity contribution < 1.29 is 14.1 Å². The second-order valence-electron chi connectivity index (χ2n) is 7.85. The van der Waals surface area contributed by atoms with Gasteiger partial charge in [-0.15, -0.1) is 0 Å². The first-order valence-corrected chi connectivity index (χ1v) is 9.37. The Labute approximate surface area is 156 Å². The van der Waals surface area contributed by atoms with E-state index in [-0.39, 0.29) is 17.1 Å². The molecule has 0 N–H and O–H groups in total. The summed E-state index contributed by atoms with van der Waals surface area (Å²) in [6.07, 6.45) is 0. The molecule has 2 aromatic rings. The number of carbonyl (C=O) groups is 1. The fourth-order valence-electron chi connectivity index (χ4n) is 3.31. The molecular formula is C21H28BNO3. The monoisotopic (exact) mass is 353 g/mol. The first-order chi connectivity index (χ1) is 12.2. The predicted octanol–water partition coefficient (Wildman–Crippen LogP) is 3.62. The molecular weight excluding hydrogens is 325 g/mol. The van der Waals surface area contributed by atoms with E-state index in [1.165, 1.54) is 0 Å². The van der Waals surface area contributed by atoms with Crippen LogP contribution < -0.4 is 5.46 Å². The summed E-state index contributed by atoms with van der Waals surface area (Å²) in [7, 11) is -0.409. The van der Waals surface area contributed by atoms with Crippen molar-refractivity contribution in [1.82, 2.24) is 4.90 Å². The van der Waals surface area contributed by atoms with Crippen LogP contribution in [-0.2, 0) is 9.31 Å². The molecule has 0 atom stereocenters. The van der Waals surface area contributed by atoms with Gasteiger partial charge < -0.3 is 14.2 Å². The van der Waals surface area contributed by atoms with Gasteiger partial charge in [0.15, 0.2) is 0 Å². The van der Waals surface area contributed by atoms with Crippen molar-refractivity contribution in [2.45, 2.75) is 52.7 Å². The lowest BCUT2D eigenvalue weighted by Gasteiger charge is -2.32. The molecule has 0 unspecified atom stereocenters. The zero-order chi connectivity index (χ0) is 19.1. The Morgan fingerprint density at radius 2 is 1.62 bits per heavy atom. The standard InChI is InChI=1S/C21H28BNO3/c1-7-23(8-2)19(24)16-12-13-17-15(14-16)10-9-11-18(17)22-25-20(3,4)21(5,6)26-22/h9-14H,7-8H2,1-6H3. The summed E-state index contributed by atoms with van der Waals surface area (Å²) >= 11 is 0. The van der Waals surface area contributed by atoms with Crippen LogP contribution in [-0.4, -0.2) is 42.2 Å². The molecule has 1 saturated heterocycles. The lowest BCUT2D eigenvalue weighted by Crippen LogP contribution is -2.41. The van der Waals surface area contributed by atoms with Crippen LogP contribution in [0.1, 0.15) is 51.9 Å². The van der Waals surface area contributed by atoms with Crippen molar-refractivity contribution in [3.63, 3.8) is 0 Å². The minimum atomic E-state index is -0.409. The summed E-state index contributed by atoms with van der Waals surface area (Å²) in [5.74, 6) is 0.0675. The number of nitrogens with zero attached hydrogens (tertiary/aromatic N) is 1. The highest BCUT2D eigenvalue weighted by Gasteiger charge is 2.52. The number of amides is 1. The zero-order valence-corrected chi connectivity index (χ0v) is 16.6. The average molecular weight is 353 g/mol. The van der Waals surface area contributed by atoms with Gasteiger partial charge >= 0.3 is 7.12 Å². The highest BCUT2D eigenvalue weighted by atomic mass is 16.7. The van der Waals surface area contributed by atoms with Gasteiger partial charge in [-0.1, -0.05) is 24.3 Å². The summed E-state index contributed by atoms with van der Waals surface area (Å²) in [6, 6.07) is 11.9. The topological polar surface area (TPSA) is 38.8 Å². The Hall–Kier alpha value is -1.85. The van der Waals surface area contributed by atoms with E-state index in [2.05, 4.69) is 27.7 Å². The van der Waals surface area contributed by atoms with E-state index in [0.717, 1.165) is 16.2 Å². The second-order valence-corrected chi connectivity index (χ2v) is 7.85. The van der Waals surface area contributed by atoms with E-state index in [0.29, 0.717) is 18.7 Å². The number of carbonyl (C=O) groups excluding carboxylic acids is 1. The molecule has 0 spiro atoms. The molecule has 1 amide bonds. The van der Waals surface area contributed by atoms with Gasteiger partial charge in [0.25, 0.3) is 5.91 Å². The summed E-state index contributed by atoms with van der Waals surface area (Å²) in [4.78, 5) is 14.5. The van der Waals surface area contributed by atoms with Crippen molar-refractivity contribution in [3.8, 4) is 0 Å². The van der Waals surface area contributed by atoms with E-state index >= 15 is 0 Å². The first kappa shape index (κ1) is 18.9. The molecule has 1 heterocycles. The molecule has 0 aliphatic carbocycles. The lowest BCUT2D eigenvalue weighted by atomic mass is 9.76. The Bertz CT molecular complexity index is 811. The van der Waals surface area contributed by atoms with Crippen LogP contribution in [0.3, 0.4) is 0 Å². The molecule has 1 aliphatic heterocycles. The second kappa shape index (κ2) is 6.71. The number of hydrogen-bond donors (Lipinski definition) is 0. The molecule has 3 rings (SSSR count). The Balaban J connectivity index is 1.99. The van der Waals surface area contributed by atoms with Crippen LogP contribution in [0.2, 0.25) is 0 Å². The molecule has 5 heteroatoms. The van der Waals surface area contributed by atoms with Crippen molar-refractivity contribution in [2.24, 2.45) is 0 Å².